The van der Waals surface area contributed by atoms with Gasteiger partial charge in [0.2, 0.25) is 0 Å². The first-order chi connectivity index (χ1) is 15.3. The molecule has 0 saturated carbocycles. The Hall–Kier alpha value is -3.69. The number of nitrogens with zero attached hydrogens (tertiary/aromatic N) is 2. The molecule has 0 unspecified atom stereocenters. The van der Waals surface area contributed by atoms with Crippen LogP contribution in [0.4, 0.5) is 11.7 Å². The van der Waals surface area contributed by atoms with Crippen LogP contribution in [-0.4, -0.2) is 24.5 Å². The first-order valence-electron chi connectivity index (χ1n) is 9.41. The molecule has 32 heavy (non-hydrogen) atoms. The van der Waals surface area contributed by atoms with Crippen LogP contribution in [0.2, 0.25) is 5.02 Å². The minimum absolute atomic E-state index is 0.115. The molecule has 2 N–H and O–H groups in total. The molecule has 4 rings (SSSR count). The third kappa shape index (κ3) is 4.79. The van der Waals surface area contributed by atoms with Gasteiger partial charge in [-0.2, -0.15) is 0 Å². The van der Waals surface area contributed by atoms with Crippen molar-refractivity contribution in [3.63, 3.8) is 0 Å². The van der Waals surface area contributed by atoms with Crippen molar-refractivity contribution in [3.8, 4) is 11.5 Å². The Bertz CT molecular complexity index is 1390. The Kier molecular flexibility index (Phi) is 5.93. The highest BCUT2D eigenvalue weighted by Gasteiger charge is 2.17. The van der Waals surface area contributed by atoms with Gasteiger partial charge in [0.1, 0.15) is 0 Å². The summed E-state index contributed by atoms with van der Waals surface area (Å²) in [6.07, 6.45) is 0. The first kappa shape index (κ1) is 21.5. The predicted molar refractivity (Wildman–Crippen MR) is 121 cm³/mol. The number of halogens is 1. The highest BCUT2D eigenvalue weighted by molar-refractivity contribution is 7.92. The number of hydrogen-bond acceptors (Lipinski definition) is 6. The molecule has 0 fully saturated rings. The highest BCUT2D eigenvalue weighted by atomic mass is 35.5. The van der Waals surface area contributed by atoms with Crippen molar-refractivity contribution in [1.82, 2.24) is 10.2 Å². The maximum atomic E-state index is 12.6. The van der Waals surface area contributed by atoms with Crippen LogP contribution in [0.1, 0.15) is 15.9 Å². The fourth-order valence-electron chi connectivity index (χ4n) is 2.84. The van der Waals surface area contributed by atoms with E-state index in [1.807, 2.05) is 6.92 Å². The molecule has 0 radical (unpaired) electrons. The number of sulfonamides is 1. The summed E-state index contributed by atoms with van der Waals surface area (Å²) in [6.45, 7) is 1.87. The van der Waals surface area contributed by atoms with Gasteiger partial charge in [0.15, 0.2) is 0 Å². The lowest BCUT2D eigenvalue weighted by molar-refractivity contribution is 0.102. The van der Waals surface area contributed by atoms with Crippen LogP contribution in [0.15, 0.2) is 82.1 Å². The van der Waals surface area contributed by atoms with E-state index in [1.54, 1.807) is 48.5 Å². The van der Waals surface area contributed by atoms with Crippen molar-refractivity contribution in [1.29, 1.82) is 0 Å². The summed E-state index contributed by atoms with van der Waals surface area (Å²) >= 11 is 6.12. The van der Waals surface area contributed by atoms with Crippen molar-refractivity contribution >= 4 is 39.2 Å². The van der Waals surface area contributed by atoms with Gasteiger partial charge < -0.3 is 4.42 Å². The number of rotatable bonds is 6. The van der Waals surface area contributed by atoms with E-state index in [0.717, 1.165) is 5.56 Å². The zero-order chi connectivity index (χ0) is 22.7. The molecule has 3 aromatic carbocycles. The summed E-state index contributed by atoms with van der Waals surface area (Å²) in [5.41, 5.74) is 1.92. The minimum atomic E-state index is -3.80. The molecule has 8 nitrogen and oxygen atoms in total. The summed E-state index contributed by atoms with van der Waals surface area (Å²) in [4.78, 5) is 12.7. The molecule has 0 saturated heterocycles. The monoisotopic (exact) mass is 468 g/mol. The first-order valence-corrected chi connectivity index (χ1v) is 11.3. The molecule has 4 aromatic rings. The average molecular weight is 469 g/mol. The number of amides is 1. The zero-order valence-electron chi connectivity index (χ0n) is 16.7. The maximum absolute atomic E-state index is 12.6. The normalized spacial score (nSPS) is 11.2. The maximum Gasteiger partial charge on any atom is 0.322 e. The van der Waals surface area contributed by atoms with Crippen molar-refractivity contribution in [2.45, 2.75) is 11.8 Å². The standard InChI is InChI=1S/C22H17ClN4O4S/c1-14-9-11-17(12-10-14)32(29,30)27-16-6-4-5-15(13-16)20(28)24-22-26-25-21(31-22)18-7-2-3-8-19(18)23/h2-13,27H,1H3,(H,24,26,28). The summed E-state index contributed by atoms with van der Waals surface area (Å²) < 4.78 is 33.1. The van der Waals surface area contributed by atoms with Crippen LogP contribution in [0.25, 0.3) is 11.5 Å². The number of nitrogens with one attached hydrogen (secondary N) is 2. The van der Waals surface area contributed by atoms with Crippen molar-refractivity contribution in [2.75, 3.05) is 10.0 Å². The van der Waals surface area contributed by atoms with Crippen LogP contribution in [0, 0.1) is 6.92 Å². The molecular weight excluding hydrogens is 452 g/mol. The third-order valence-electron chi connectivity index (χ3n) is 4.46. The van der Waals surface area contributed by atoms with Crippen LogP contribution >= 0.6 is 11.6 Å². The quantitative estimate of drug-likeness (QED) is 0.422. The van der Waals surface area contributed by atoms with Gasteiger partial charge in [-0.15, -0.1) is 5.10 Å². The molecule has 0 aliphatic rings. The smallest absolute Gasteiger partial charge is 0.322 e. The summed E-state index contributed by atoms with van der Waals surface area (Å²) in [5.74, 6) is -0.388. The number of hydrogen-bond donors (Lipinski definition) is 2. The van der Waals surface area contributed by atoms with E-state index in [0.29, 0.717) is 10.6 Å². The number of benzene rings is 3. The van der Waals surface area contributed by atoms with Gasteiger partial charge in [-0.1, -0.05) is 52.6 Å². The molecule has 0 atom stereocenters. The average Bonchev–Trinajstić information content (AvgIpc) is 3.22. The van der Waals surface area contributed by atoms with E-state index >= 15 is 0 Å². The van der Waals surface area contributed by atoms with Crippen molar-refractivity contribution in [2.24, 2.45) is 0 Å². The van der Waals surface area contributed by atoms with E-state index in [-0.39, 0.29) is 28.1 Å². The van der Waals surface area contributed by atoms with Gasteiger partial charge in [0.25, 0.3) is 21.8 Å². The minimum Gasteiger partial charge on any atom is -0.403 e. The van der Waals surface area contributed by atoms with E-state index in [2.05, 4.69) is 20.2 Å². The van der Waals surface area contributed by atoms with Gasteiger partial charge in [-0.05, 0) is 49.4 Å². The van der Waals surface area contributed by atoms with Gasteiger partial charge >= 0.3 is 6.01 Å². The third-order valence-corrected chi connectivity index (χ3v) is 6.18. The Morgan fingerprint density at radius 3 is 2.47 bits per heavy atom. The number of aryl methyl sites for hydroxylation is 1. The fraction of sp³-hybridized carbons (Fsp3) is 0.0455. The Morgan fingerprint density at radius 1 is 0.969 bits per heavy atom. The molecular formula is C22H17ClN4O4S. The molecule has 1 heterocycles. The van der Waals surface area contributed by atoms with Crippen LogP contribution in [0.5, 0.6) is 0 Å². The summed E-state index contributed by atoms with van der Waals surface area (Å²) in [6, 6.07) is 19.3. The lowest BCUT2D eigenvalue weighted by Crippen LogP contribution is -2.15. The Balaban J connectivity index is 1.49. The van der Waals surface area contributed by atoms with Crippen LogP contribution in [0.3, 0.4) is 0 Å². The van der Waals surface area contributed by atoms with Crippen molar-refractivity contribution < 1.29 is 17.6 Å². The van der Waals surface area contributed by atoms with Gasteiger partial charge in [-0.25, -0.2) is 8.42 Å². The molecule has 0 aliphatic heterocycles. The van der Waals surface area contributed by atoms with Gasteiger partial charge in [0.05, 0.1) is 15.5 Å². The second-order valence-electron chi connectivity index (χ2n) is 6.85. The Morgan fingerprint density at radius 2 is 1.72 bits per heavy atom. The molecule has 162 valence electrons. The number of anilines is 2. The molecule has 0 aliphatic carbocycles. The number of carbonyl (C=O) groups excluding carboxylic acids is 1. The molecule has 0 bridgehead atoms. The summed E-state index contributed by atoms with van der Waals surface area (Å²) in [5, 5.41) is 10.6. The highest BCUT2D eigenvalue weighted by Crippen LogP contribution is 2.27. The van der Waals surface area contributed by atoms with Crippen LogP contribution < -0.4 is 10.0 Å². The summed E-state index contributed by atoms with van der Waals surface area (Å²) in [7, 11) is -3.80. The van der Waals surface area contributed by atoms with E-state index in [9.17, 15) is 13.2 Å². The number of aromatic nitrogens is 2. The topological polar surface area (TPSA) is 114 Å². The van der Waals surface area contributed by atoms with Gasteiger partial charge in [-0.3, -0.25) is 14.8 Å². The lowest BCUT2D eigenvalue weighted by atomic mass is 10.2. The van der Waals surface area contributed by atoms with Crippen LogP contribution in [-0.2, 0) is 10.0 Å². The largest absolute Gasteiger partial charge is 0.403 e. The second kappa shape index (κ2) is 8.81. The number of carbonyl (C=O) groups is 1. The second-order valence-corrected chi connectivity index (χ2v) is 8.94. The zero-order valence-corrected chi connectivity index (χ0v) is 18.3. The molecule has 0 spiro atoms. The Labute approximate surface area is 189 Å². The van der Waals surface area contributed by atoms with Gasteiger partial charge in [0, 0.05) is 11.3 Å². The molecule has 1 aromatic heterocycles. The van der Waals surface area contributed by atoms with Crippen molar-refractivity contribution in [3.05, 3.63) is 88.9 Å². The fourth-order valence-corrected chi connectivity index (χ4v) is 4.11. The lowest BCUT2D eigenvalue weighted by Gasteiger charge is -2.09. The van der Waals surface area contributed by atoms with E-state index < -0.39 is 15.9 Å². The van der Waals surface area contributed by atoms with E-state index in [1.165, 1.54) is 24.3 Å². The molecule has 1 amide bonds. The molecule has 10 heteroatoms. The predicted octanol–water partition coefficient (Wildman–Crippen LogP) is 4.75. The SMILES string of the molecule is Cc1ccc(S(=O)(=O)Nc2cccc(C(=O)Nc3nnc(-c4ccccc4Cl)o3)c2)cc1. The van der Waals surface area contributed by atoms with E-state index in [4.69, 9.17) is 16.0 Å².